The molecule has 6 aliphatic carbocycles. The number of hydrogen-bond acceptors (Lipinski definition) is 9. The lowest BCUT2D eigenvalue weighted by Crippen LogP contribution is -2.63. The van der Waals surface area contributed by atoms with Crippen molar-refractivity contribution in [2.45, 2.75) is 150 Å². The summed E-state index contributed by atoms with van der Waals surface area (Å²) in [5, 5.41) is 13.7. The molecule has 5 unspecified atom stereocenters. The van der Waals surface area contributed by atoms with Gasteiger partial charge < -0.3 is 24.2 Å². The maximum atomic E-state index is 14.6. The van der Waals surface area contributed by atoms with Crippen LogP contribution in [0.15, 0.2) is 0 Å². The highest BCUT2D eigenvalue weighted by Crippen LogP contribution is 2.70. The normalized spacial score (nSPS) is 51.9. The predicted molar refractivity (Wildman–Crippen MR) is 223 cm³/mol. The number of amides is 2. The molecule has 6 saturated carbocycles. The summed E-state index contributed by atoms with van der Waals surface area (Å²) in [6.07, 6.45) is 6.54. The first-order valence-electron chi connectivity index (χ1n) is 23.4. The summed E-state index contributed by atoms with van der Waals surface area (Å²) in [6.45, 7) is 17.2. The van der Waals surface area contributed by atoms with Crippen molar-refractivity contribution in [2.24, 2.45) is 79.8 Å². The van der Waals surface area contributed by atoms with Crippen LogP contribution in [0.4, 0.5) is 13.6 Å². The second-order valence-corrected chi connectivity index (χ2v) is 22.4. The average molecular weight is 847 g/mol. The van der Waals surface area contributed by atoms with Crippen LogP contribution in [-0.2, 0) is 28.6 Å². The highest BCUT2D eigenvalue weighted by atomic mass is 19.1. The standard InChI is InChI=1S/C28H43FN2O5.C20H33FO3/c1-16-6-9-28-10-7-20(35-5)22(28)27(16,4)21(12-26(3,15-29)23(32)17(28)2)36-25(34)30-24(33)19-14-31-11-8-18(19)13-31;1-12-6-8-20-9-7-14(24-5)16(20)19(12,4)15(22)10-18(3,11-21)17(23)13(20)2/h16-22H,6-15H2,1-5H3,(H,30,33,34);12-16,22H,6-11H2,1-5H3/t16-,17+,18-,19+,20-,21-,22?,26+,27+,28?;12-,13+,14-,15-,16?,18+,19+,20?/m11/s1. The van der Waals surface area contributed by atoms with Crippen molar-refractivity contribution in [2.75, 3.05) is 47.2 Å². The molecule has 19 atom stereocenters. The van der Waals surface area contributed by atoms with Crippen molar-refractivity contribution in [1.29, 1.82) is 0 Å². The number of ether oxygens (including phenoxy) is 3. The van der Waals surface area contributed by atoms with E-state index in [4.69, 9.17) is 14.2 Å². The number of aliphatic hydroxyl groups excluding tert-OH is 1. The van der Waals surface area contributed by atoms with Gasteiger partial charge in [0.2, 0.25) is 5.91 Å². The van der Waals surface area contributed by atoms with E-state index in [2.05, 4.69) is 37.9 Å². The third-order valence-corrected chi connectivity index (χ3v) is 20.1. The molecule has 0 aromatic heterocycles. The Hall–Kier alpha value is -2.02. The van der Waals surface area contributed by atoms with Crippen molar-refractivity contribution in [3.63, 3.8) is 0 Å². The van der Waals surface area contributed by atoms with Crippen LogP contribution in [0.1, 0.15) is 126 Å². The van der Waals surface area contributed by atoms with Crippen LogP contribution in [0.2, 0.25) is 0 Å². The molecule has 2 amide bonds. The Bertz CT molecular complexity index is 1680. The fraction of sp³-hybridized carbons (Fsp3) is 0.917. The number of aliphatic hydroxyl groups is 1. The maximum absolute atomic E-state index is 14.6. The first-order valence-corrected chi connectivity index (χ1v) is 23.4. The smallest absolute Gasteiger partial charge is 0.414 e. The van der Waals surface area contributed by atoms with Crippen LogP contribution >= 0.6 is 0 Å². The number of carbonyl (C=O) groups is 4. The number of imide groups is 1. The highest BCUT2D eigenvalue weighted by Gasteiger charge is 2.70. The number of piperidine rings is 1. The number of rotatable bonds is 6. The fourth-order valence-corrected chi connectivity index (χ4v) is 15.9. The number of alkyl halides is 2. The molecule has 0 radical (unpaired) electrons. The molecule has 8 fully saturated rings. The monoisotopic (exact) mass is 847 g/mol. The zero-order valence-electron chi connectivity index (χ0n) is 38.3. The molecule has 12 heteroatoms. The van der Waals surface area contributed by atoms with Gasteiger partial charge in [-0.15, -0.1) is 0 Å². The molecule has 8 aliphatic rings. The zero-order valence-corrected chi connectivity index (χ0v) is 38.3. The molecule has 8 rings (SSSR count). The minimum atomic E-state index is -1.24. The van der Waals surface area contributed by atoms with Crippen molar-refractivity contribution < 1.29 is 47.3 Å². The number of methoxy groups -OCH3 is 2. The van der Waals surface area contributed by atoms with Crippen molar-refractivity contribution >= 4 is 23.6 Å². The van der Waals surface area contributed by atoms with Gasteiger partial charge in [-0.3, -0.25) is 28.5 Å². The predicted octanol–water partition coefficient (Wildman–Crippen LogP) is 7.77. The minimum Gasteiger partial charge on any atom is -0.445 e. The Morgan fingerprint density at radius 2 is 1.22 bits per heavy atom. The molecule has 340 valence electrons. The highest BCUT2D eigenvalue weighted by molar-refractivity contribution is 5.94. The van der Waals surface area contributed by atoms with Crippen LogP contribution in [0.25, 0.3) is 0 Å². The summed E-state index contributed by atoms with van der Waals surface area (Å²) < 4.78 is 46.5. The van der Waals surface area contributed by atoms with Gasteiger partial charge in [0.1, 0.15) is 31.0 Å². The summed E-state index contributed by atoms with van der Waals surface area (Å²) in [4.78, 5) is 55.5. The second-order valence-electron chi connectivity index (χ2n) is 22.4. The van der Waals surface area contributed by atoms with Gasteiger partial charge in [0.05, 0.1) is 35.1 Å². The number of carbonyl (C=O) groups excluding carboxylic acids is 4. The number of Topliss-reactive ketones (excluding diaryl/α,β-unsaturated/α-hetero) is 2. The first kappa shape index (κ1) is 46.0. The van der Waals surface area contributed by atoms with Crippen LogP contribution < -0.4 is 5.32 Å². The zero-order chi connectivity index (χ0) is 44.0. The van der Waals surface area contributed by atoms with Gasteiger partial charge in [0.25, 0.3) is 0 Å². The van der Waals surface area contributed by atoms with Gasteiger partial charge in [0.15, 0.2) is 0 Å². The first-order chi connectivity index (χ1) is 28.2. The van der Waals surface area contributed by atoms with E-state index in [1.165, 1.54) is 0 Å². The van der Waals surface area contributed by atoms with E-state index in [0.717, 1.165) is 70.9 Å². The fourth-order valence-electron chi connectivity index (χ4n) is 15.9. The van der Waals surface area contributed by atoms with Crippen LogP contribution in [0.3, 0.4) is 0 Å². The number of fused-ring (bicyclic) bond motifs is 2. The summed E-state index contributed by atoms with van der Waals surface area (Å²) in [5.74, 6) is -0.0622. The van der Waals surface area contributed by atoms with Crippen molar-refractivity contribution in [3.8, 4) is 0 Å². The Balaban J connectivity index is 0.000000197. The Morgan fingerprint density at radius 1 is 0.733 bits per heavy atom. The molecule has 0 aromatic rings. The number of nitrogens with one attached hydrogen (secondary N) is 1. The van der Waals surface area contributed by atoms with Gasteiger partial charge in [-0.05, 0) is 119 Å². The number of hydrogen-bond donors (Lipinski definition) is 2. The SMILES string of the molecule is CO[C@@H]1CCC23CC[C@@H](C)[C@](C)(C12)[C@H](O)C[C@@](C)(CF)C(=O)[C@@H]3C.CO[C@@H]1CCC23CC[C@@H](C)[C@](C)(C12)[C@H](OC(=O)NC(=O)[C@H]1CN2CC[C@@H]1C2)C[C@@](C)(CF)C(=O)[C@@H]3C. The van der Waals surface area contributed by atoms with E-state index in [9.17, 15) is 33.1 Å². The topological polar surface area (TPSA) is 131 Å². The van der Waals surface area contributed by atoms with Gasteiger partial charge in [0, 0.05) is 55.9 Å². The molecule has 10 nitrogen and oxygen atoms in total. The van der Waals surface area contributed by atoms with Gasteiger partial charge in [-0.25, -0.2) is 4.79 Å². The number of ketones is 2. The Kier molecular flexibility index (Phi) is 12.4. The lowest BCUT2D eigenvalue weighted by Gasteiger charge is -2.61. The summed E-state index contributed by atoms with van der Waals surface area (Å²) >= 11 is 0. The summed E-state index contributed by atoms with van der Waals surface area (Å²) in [5.41, 5.74) is -3.62. The van der Waals surface area contributed by atoms with Crippen molar-refractivity contribution in [3.05, 3.63) is 0 Å². The maximum Gasteiger partial charge on any atom is 0.414 e. The second kappa shape index (κ2) is 16.2. The van der Waals surface area contributed by atoms with Gasteiger partial charge >= 0.3 is 6.09 Å². The van der Waals surface area contributed by atoms with Crippen LogP contribution in [0, 0.1) is 79.8 Å². The van der Waals surface area contributed by atoms with E-state index in [-0.39, 0.29) is 100 Å². The third kappa shape index (κ3) is 6.70. The number of alkyl carbamates (subject to hydrolysis) is 1. The molecule has 2 heterocycles. The molecular weight excluding hydrogens is 771 g/mol. The average Bonchev–Trinajstić information content (AvgIpc) is 4.05. The van der Waals surface area contributed by atoms with Gasteiger partial charge in [-0.1, -0.05) is 48.5 Å². The minimum absolute atomic E-state index is 0.00223. The summed E-state index contributed by atoms with van der Waals surface area (Å²) in [7, 11) is 3.47. The van der Waals surface area contributed by atoms with Gasteiger partial charge in [-0.2, -0.15) is 0 Å². The molecule has 60 heavy (non-hydrogen) atoms. The number of nitrogens with zero attached hydrogens (tertiary/aromatic N) is 1. The molecule has 2 aliphatic heterocycles. The third-order valence-electron chi connectivity index (χ3n) is 20.1. The van der Waals surface area contributed by atoms with E-state index in [1.807, 2.05) is 13.8 Å². The van der Waals surface area contributed by atoms with E-state index >= 15 is 0 Å². The van der Waals surface area contributed by atoms with Crippen molar-refractivity contribution in [1.82, 2.24) is 10.2 Å². The number of halogens is 2. The van der Waals surface area contributed by atoms with E-state index in [0.29, 0.717) is 12.5 Å². The quantitative estimate of drug-likeness (QED) is 0.275. The van der Waals surface area contributed by atoms with E-state index in [1.54, 1.807) is 28.1 Å². The van der Waals surface area contributed by atoms with Crippen LogP contribution in [-0.4, -0.2) is 105 Å². The molecule has 2 N–H and O–H groups in total. The largest absolute Gasteiger partial charge is 0.445 e. The van der Waals surface area contributed by atoms with E-state index < -0.39 is 47.9 Å². The summed E-state index contributed by atoms with van der Waals surface area (Å²) in [6, 6.07) is 0. The Labute approximate surface area is 357 Å². The molecule has 0 aromatic carbocycles. The van der Waals surface area contributed by atoms with Crippen LogP contribution in [0.5, 0.6) is 0 Å². The lowest BCUT2D eigenvalue weighted by molar-refractivity contribution is -0.193. The Morgan fingerprint density at radius 3 is 1.68 bits per heavy atom. The molecule has 0 spiro atoms. The molecular formula is C48H76F2N2O8. The molecule has 6 bridgehead atoms. The molecule has 2 saturated heterocycles. The lowest BCUT2D eigenvalue weighted by atomic mass is 9.44.